The van der Waals surface area contributed by atoms with Crippen LogP contribution in [0.3, 0.4) is 0 Å². The molecule has 0 atom stereocenters. The zero-order valence-electron chi connectivity index (χ0n) is 9.25. The van der Waals surface area contributed by atoms with Gasteiger partial charge in [-0.2, -0.15) is 11.3 Å². The number of hydrogen-bond acceptors (Lipinski definition) is 2. The molecule has 1 nitrogen and oxygen atoms in total. The summed E-state index contributed by atoms with van der Waals surface area (Å²) in [5.74, 6) is 0.859. The summed E-state index contributed by atoms with van der Waals surface area (Å²) in [6, 6.07) is 2.21. The zero-order valence-corrected chi connectivity index (χ0v) is 10.1. The van der Waals surface area contributed by atoms with Crippen molar-refractivity contribution in [1.82, 2.24) is 5.32 Å². The van der Waals surface area contributed by atoms with Crippen molar-refractivity contribution >= 4 is 11.3 Å². The Morgan fingerprint density at radius 3 is 2.71 bits per heavy atom. The summed E-state index contributed by atoms with van der Waals surface area (Å²) >= 11 is 1.79. The van der Waals surface area contributed by atoms with E-state index in [2.05, 4.69) is 36.0 Å². The van der Waals surface area contributed by atoms with Gasteiger partial charge in [-0.15, -0.1) is 0 Å². The van der Waals surface area contributed by atoms with Crippen molar-refractivity contribution in [3.63, 3.8) is 0 Å². The number of nitrogens with one attached hydrogen (secondary N) is 1. The average Bonchev–Trinajstić information content (AvgIpc) is 2.71. The quantitative estimate of drug-likeness (QED) is 0.682. The normalized spacial score (nSPS) is 11.1. The van der Waals surface area contributed by atoms with Gasteiger partial charge < -0.3 is 5.32 Å². The van der Waals surface area contributed by atoms with Crippen LogP contribution in [0.4, 0.5) is 0 Å². The Labute approximate surface area is 91.5 Å². The standard InChI is InChI=1S/C12H21NS/c1-3-11(4-2)9-13-7-5-12-6-8-14-10-12/h6,8,10-11,13H,3-5,7,9H2,1-2H3. The minimum Gasteiger partial charge on any atom is -0.316 e. The first-order chi connectivity index (χ1) is 6.86. The van der Waals surface area contributed by atoms with Gasteiger partial charge in [-0.3, -0.25) is 0 Å². The molecular formula is C12H21NS. The van der Waals surface area contributed by atoms with Gasteiger partial charge in [-0.25, -0.2) is 0 Å². The summed E-state index contributed by atoms with van der Waals surface area (Å²) in [4.78, 5) is 0. The van der Waals surface area contributed by atoms with Gasteiger partial charge in [0.1, 0.15) is 0 Å². The van der Waals surface area contributed by atoms with Crippen molar-refractivity contribution in [3.8, 4) is 0 Å². The molecule has 0 aliphatic heterocycles. The minimum atomic E-state index is 0.859. The lowest BCUT2D eigenvalue weighted by Crippen LogP contribution is -2.24. The van der Waals surface area contributed by atoms with Crippen LogP contribution < -0.4 is 5.32 Å². The Morgan fingerprint density at radius 1 is 1.36 bits per heavy atom. The van der Waals surface area contributed by atoms with Crippen molar-refractivity contribution < 1.29 is 0 Å². The molecule has 0 amide bonds. The number of hydrogen-bond donors (Lipinski definition) is 1. The molecule has 1 heterocycles. The van der Waals surface area contributed by atoms with E-state index < -0.39 is 0 Å². The molecule has 1 rings (SSSR count). The second-order valence-electron chi connectivity index (χ2n) is 3.77. The molecule has 0 aromatic carbocycles. The molecule has 0 saturated carbocycles. The maximum Gasteiger partial charge on any atom is -0.000794 e. The van der Waals surface area contributed by atoms with E-state index in [1.807, 2.05) is 0 Å². The molecule has 0 saturated heterocycles. The van der Waals surface area contributed by atoms with Crippen LogP contribution >= 0.6 is 11.3 Å². The van der Waals surface area contributed by atoms with Crippen LogP contribution in [-0.4, -0.2) is 13.1 Å². The number of thiophene rings is 1. The smallest absolute Gasteiger partial charge is 0.000794 e. The van der Waals surface area contributed by atoms with Crippen LogP contribution in [0, 0.1) is 5.92 Å². The topological polar surface area (TPSA) is 12.0 Å². The monoisotopic (exact) mass is 211 g/mol. The largest absolute Gasteiger partial charge is 0.316 e. The Kier molecular flexibility index (Phi) is 5.88. The van der Waals surface area contributed by atoms with Gasteiger partial charge in [0.15, 0.2) is 0 Å². The van der Waals surface area contributed by atoms with Crippen molar-refractivity contribution in [2.24, 2.45) is 5.92 Å². The van der Waals surface area contributed by atoms with Crippen molar-refractivity contribution in [3.05, 3.63) is 22.4 Å². The SMILES string of the molecule is CCC(CC)CNCCc1ccsc1. The summed E-state index contributed by atoms with van der Waals surface area (Å²) in [6.07, 6.45) is 3.76. The summed E-state index contributed by atoms with van der Waals surface area (Å²) in [5.41, 5.74) is 1.46. The fourth-order valence-electron chi connectivity index (χ4n) is 1.55. The summed E-state index contributed by atoms with van der Waals surface area (Å²) < 4.78 is 0. The van der Waals surface area contributed by atoms with Crippen LogP contribution in [0.5, 0.6) is 0 Å². The Balaban J connectivity index is 2.04. The maximum atomic E-state index is 3.53. The lowest BCUT2D eigenvalue weighted by Gasteiger charge is -2.12. The highest BCUT2D eigenvalue weighted by Crippen LogP contribution is 2.07. The maximum absolute atomic E-state index is 3.53. The van der Waals surface area contributed by atoms with E-state index in [1.165, 1.54) is 31.4 Å². The molecule has 14 heavy (non-hydrogen) atoms. The average molecular weight is 211 g/mol. The van der Waals surface area contributed by atoms with E-state index in [-0.39, 0.29) is 0 Å². The zero-order chi connectivity index (χ0) is 10.2. The van der Waals surface area contributed by atoms with Gasteiger partial charge in [-0.1, -0.05) is 26.7 Å². The van der Waals surface area contributed by atoms with E-state index in [0.717, 1.165) is 12.5 Å². The van der Waals surface area contributed by atoms with Gasteiger partial charge in [0.2, 0.25) is 0 Å². The molecule has 1 N–H and O–H groups in total. The Bertz CT molecular complexity index is 214. The van der Waals surface area contributed by atoms with E-state index in [4.69, 9.17) is 0 Å². The van der Waals surface area contributed by atoms with E-state index >= 15 is 0 Å². The van der Waals surface area contributed by atoms with E-state index in [9.17, 15) is 0 Å². The van der Waals surface area contributed by atoms with Crippen molar-refractivity contribution in [2.45, 2.75) is 33.1 Å². The Hall–Kier alpha value is -0.340. The van der Waals surface area contributed by atoms with Crippen LogP contribution in [0.2, 0.25) is 0 Å². The molecule has 0 spiro atoms. The molecule has 0 fully saturated rings. The first-order valence-electron chi connectivity index (χ1n) is 5.58. The predicted octanol–water partition coefficient (Wildman–Crippen LogP) is 3.32. The number of rotatable bonds is 7. The molecule has 0 unspecified atom stereocenters. The first kappa shape index (κ1) is 11.7. The van der Waals surface area contributed by atoms with Gasteiger partial charge in [0, 0.05) is 0 Å². The molecule has 80 valence electrons. The lowest BCUT2D eigenvalue weighted by molar-refractivity contribution is 0.452. The third-order valence-corrected chi connectivity index (χ3v) is 3.49. The van der Waals surface area contributed by atoms with Crippen molar-refractivity contribution in [1.29, 1.82) is 0 Å². The minimum absolute atomic E-state index is 0.859. The third kappa shape index (κ3) is 4.25. The van der Waals surface area contributed by atoms with Gasteiger partial charge in [0.25, 0.3) is 0 Å². The summed E-state index contributed by atoms with van der Waals surface area (Å²) in [6.45, 7) is 6.84. The van der Waals surface area contributed by atoms with Crippen LogP contribution in [0.15, 0.2) is 16.8 Å². The highest BCUT2D eigenvalue weighted by molar-refractivity contribution is 7.07. The molecule has 1 aromatic heterocycles. The molecule has 2 heteroatoms. The first-order valence-corrected chi connectivity index (χ1v) is 6.52. The predicted molar refractivity (Wildman–Crippen MR) is 65.0 cm³/mol. The molecule has 0 radical (unpaired) electrons. The van der Waals surface area contributed by atoms with Crippen LogP contribution in [0.25, 0.3) is 0 Å². The summed E-state index contributed by atoms with van der Waals surface area (Å²) in [7, 11) is 0. The molecule has 1 aromatic rings. The second kappa shape index (κ2) is 7.02. The molecule has 0 aliphatic rings. The van der Waals surface area contributed by atoms with Gasteiger partial charge in [0.05, 0.1) is 0 Å². The van der Waals surface area contributed by atoms with Gasteiger partial charge in [-0.05, 0) is 47.8 Å². The molecule has 0 aliphatic carbocycles. The highest BCUT2D eigenvalue weighted by atomic mass is 32.1. The van der Waals surface area contributed by atoms with E-state index in [1.54, 1.807) is 11.3 Å². The fraction of sp³-hybridized carbons (Fsp3) is 0.667. The summed E-state index contributed by atoms with van der Waals surface area (Å²) in [5, 5.41) is 7.91. The molecular weight excluding hydrogens is 190 g/mol. The third-order valence-electron chi connectivity index (χ3n) is 2.76. The van der Waals surface area contributed by atoms with E-state index in [0.29, 0.717) is 0 Å². The lowest BCUT2D eigenvalue weighted by atomic mass is 10.0. The second-order valence-corrected chi connectivity index (χ2v) is 4.55. The Morgan fingerprint density at radius 2 is 2.14 bits per heavy atom. The van der Waals surface area contributed by atoms with Gasteiger partial charge >= 0.3 is 0 Å². The highest BCUT2D eigenvalue weighted by Gasteiger charge is 2.01. The van der Waals surface area contributed by atoms with Crippen molar-refractivity contribution in [2.75, 3.05) is 13.1 Å². The van der Waals surface area contributed by atoms with Crippen LogP contribution in [-0.2, 0) is 6.42 Å². The molecule has 0 bridgehead atoms. The fourth-order valence-corrected chi connectivity index (χ4v) is 2.25. The van der Waals surface area contributed by atoms with Crippen LogP contribution in [0.1, 0.15) is 32.3 Å².